The molecule has 27 heavy (non-hydrogen) atoms. The molecule has 0 fully saturated rings. The van der Waals surface area contributed by atoms with Crippen molar-refractivity contribution in [3.05, 3.63) is 70.9 Å². The monoisotopic (exact) mass is 380 g/mol. The minimum Gasteiger partial charge on any atom is -0.378 e. The Hall–Kier alpha value is -2.86. The van der Waals surface area contributed by atoms with E-state index < -0.39 is 0 Å². The molecule has 0 aromatic heterocycles. The summed E-state index contributed by atoms with van der Waals surface area (Å²) >= 11 is 5.31. The summed E-state index contributed by atoms with van der Waals surface area (Å²) in [6.45, 7) is 3.89. The van der Waals surface area contributed by atoms with Crippen molar-refractivity contribution in [1.82, 2.24) is 10.6 Å². The minimum absolute atomic E-state index is 0.152. The van der Waals surface area contributed by atoms with Crippen LogP contribution in [0, 0.1) is 6.92 Å². The third-order valence-corrected chi connectivity index (χ3v) is 4.79. The summed E-state index contributed by atoms with van der Waals surface area (Å²) in [6, 6.07) is 15.6. The topological polar surface area (TPSA) is 56.4 Å². The van der Waals surface area contributed by atoms with E-state index in [0.717, 1.165) is 28.2 Å². The summed E-state index contributed by atoms with van der Waals surface area (Å²) in [4.78, 5) is 15.1. The first-order chi connectivity index (χ1) is 12.8. The number of amides is 1. The summed E-state index contributed by atoms with van der Waals surface area (Å²) in [5, 5.41) is 9.79. The quantitative estimate of drug-likeness (QED) is 0.709. The molecule has 5 nitrogen and oxygen atoms in total. The third-order valence-electron chi connectivity index (χ3n) is 4.57. The molecule has 1 aliphatic heterocycles. The van der Waals surface area contributed by atoms with Crippen LogP contribution in [0.5, 0.6) is 0 Å². The number of carbonyl (C=O) groups is 1. The summed E-state index contributed by atoms with van der Waals surface area (Å²) in [5.74, 6) is -0.152. The van der Waals surface area contributed by atoms with Gasteiger partial charge >= 0.3 is 0 Å². The average molecular weight is 381 g/mol. The van der Waals surface area contributed by atoms with Gasteiger partial charge in [0.1, 0.15) is 0 Å². The van der Waals surface area contributed by atoms with Gasteiger partial charge in [0, 0.05) is 31.2 Å². The third kappa shape index (κ3) is 4.28. The van der Waals surface area contributed by atoms with Gasteiger partial charge in [-0.25, -0.2) is 0 Å². The van der Waals surface area contributed by atoms with Gasteiger partial charge in [-0.05, 0) is 55.9 Å². The Balaban J connectivity index is 1.91. The number of hydrogen-bond donors (Lipinski definition) is 3. The van der Waals surface area contributed by atoms with Crippen molar-refractivity contribution in [3.63, 3.8) is 0 Å². The molecule has 0 bridgehead atoms. The summed E-state index contributed by atoms with van der Waals surface area (Å²) in [6.07, 6.45) is 0. The highest BCUT2D eigenvalue weighted by Gasteiger charge is 2.29. The lowest BCUT2D eigenvalue weighted by Crippen LogP contribution is -2.45. The van der Waals surface area contributed by atoms with Crippen LogP contribution in [-0.2, 0) is 4.79 Å². The first-order valence-corrected chi connectivity index (χ1v) is 9.19. The molecular weight excluding hydrogens is 356 g/mol. The van der Waals surface area contributed by atoms with Gasteiger partial charge in [0.2, 0.25) is 0 Å². The van der Waals surface area contributed by atoms with Crippen LogP contribution in [0.15, 0.2) is 59.8 Å². The lowest BCUT2D eigenvalue weighted by Gasteiger charge is -2.30. The van der Waals surface area contributed by atoms with Crippen molar-refractivity contribution in [3.8, 4) is 0 Å². The van der Waals surface area contributed by atoms with E-state index in [4.69, 9.17) is 12.2 Å². The van der Waals surface area contributed by atoms with Crippen LogP contribution in [0.1, 0.15) is 24.1 Å². The number of nitrogens with zero attached hydrogens (tertiary/aromatic N) is 1. The van der Waals surface area contributed by atoms with Crippen LogP contribution < -0.4 is 20.9 Å². The van der Waals surface area contributed by atoms with Crippen LogP contribution in [0.4, 0.5) is 11.4 Å². The smallest absolute Gasteiger partial charge is 0.255 e. The van der Waals surface area contributed by atoms with Gasteiger partial charge in [-0.2, -0.15) is 0 Å². The van der Waals surface area contributed by atoms with Gasteiger partial charge in [0.05, 0.1) is 11.6 Å². The summed E-state index contributed by atoms with van der Waals surface area (Å²) in [7, 11) is 3.99. The van der Waals surface area contributed by atoms with Gasteiger partial charge < -0.3 is 20.9 Å². The van der Waals surface area contributed by atoms with Crippen LogP contribution in [0.2, 0.25) is 0 Å². The molecule has 0 saturated heterocycles. The highest BCUT2D eigenvalue weighted by molar-refractivity contribution is 7.80. The minimum atomic E-state index is -0.305. The second kappa shape index (κ2) is 7.80. The Kier molecular flexibility index (Phi) is 5.46. The van der Waals surface area contributed by atoms with E-state index in [2.05, 4.69) is 16.0 Å². The Labute approximate surface area is 165 Å². The number of anilines is 2. The molecular formula is C21H24N4OS. The van der Waals surface area contributed by atoms with Crippen molar-refractivity contribution >= 4 is 34.6 Å². The van der Waals surface area contributed by atoms with Crippen molar-refractivity contribution < 1.29 is 4.79 Å². The Morgan fingerprint density at radius 3 is 2.26 bits per heavy atom. The van der Waals surface area contributed by atoms with E-state index >= 15 is 0 Å². The first-order valence-electron chi connectivity index (χ1n) is 8.79. The number of hydrogen-bond acceptors (Lipinski definition) is 3. The molecule has 0 radical (unpaired) electrons. The van der Waals surface area contributed by atoms with Gasteiger partial charge in [0.25, 0.3) is 5.91 Å². The Morgan fingerprint density at radius 1 is 1.04 bits per heavy atom. The largest absolute Gasteiger partial charge is 0.378 e. The highest BCUT2D eigenvalue weighted by atomic mass is 32.1. The van der Waals surface area contributed by atoms with E-state index in [1.807, 2.05) is 81.4 Å². The number of allylic oxidation sites excluding steroid dienone is 1. The maximum atomic E-state index is 13.0. The molecule has 2 aromatic carbocycles. The second-order valence-electron chi connectivity index (χ2n) is 6.88. The van der Waals surface area contributed by atoms with Crippen molar-refractivity contribution in [2.24, 2.45) is 0 Å². The maximum Gasteiger partial charge on any atom is 0.255 e. The van der Waals surface area contributed by atoms with Gasteiger partial charge in [-0.1, -0.05) is 29.8 Å². The second-order valence-corrected chi connectivity index (χ2v) is 7.28. The van der Waals surface area contributed by atoms with Crippen LogP contribution in [0.25, 0.3) is 0 Å². The first kappa shape index (κ1) is 18.9. The molecule has 3 rings (SSSR count). The lowest BCUT2D eigenvalue weighted by molar-refractivity contribution is -0.113. The van der Waals surface area contributed by atoms with E-state index in [-0.39, 0.29) is 11.9 Å². The summed E-state index contributed by atoms with van der Waals surface area (Å²) in [5.41, 5.74) is 5.38. The number of aryl methyl sites for hydroxylation is 1. The molecule has 1 atom stereocenters. The highest BCUT2D eigenvalue weighted by Crippen LogP contribution is 2.29. The molecule has 1 unspecified atom stereocenters. The number of rotatable bonds is 4. The van der Waals surface area contributed by atoms with E-state index in [1.165, 1.54) is 0 Å². The number of thiocarbonyl (C=S) groups is 1. The molecule has 0 spiro atoms. The molecule has 140 valence electrons. The summed E-state index contributed by atoms with van der Waals surface area (Å²) < 4.78 is 0. The lowest BCUT2D eigenvalue weighted by atomic mass is 9.94. The number of carbonyl (C=O) groups excluding carboxylic acids is 1. The van der Waals surface area contributed by atoms with E-state index in [0.29, 0.717) is 10.7 Å². The number of nitrogens with one attached hydrogen (secondary N) is 3. The van der Waals surface area contributed by atoms with Gasteiger partial charge in [0.15, 0.2) is 5.11 Å². The molecule has 1 aliphatic rings. The molecule has 3 N–H and O–H groups in total. The zero-order valence-electron chi connectivity index (χ0n) is 16.0. The zero-order chi connectivity index (χ0) is 19.6. The zero-order valence-corrected chi connectivity index (χ0v) is 16.8. The molecule has 1 amide bonds. The average Bonchev–Trinajstić information content (AvgIpc) is 2.63. The van der Waals surface area contributed by atoms with Crippen molar-refractivity contribution in [1.29, 1.82) is 0 Å². The van der Waals surface area contributed by atoms with E-state index in [1.54, 1.807) is 0 Å². The van der Waals surface area contributed by atoms with Gasteiger partial charge in [-0.3, -0.25) is 4.79 Å². The van der Waals surface area contributed by atoms with Crippen molar-refractivity contribution in [2.45, 2.75) is 19.9 Å². The predicted octanol–water partition coefficient (Wildman–Crippen LogP) is 3.49. The van der Waals surface area contributed by atoms with E-state index in [9.17, 15) is 4.79 Å². The van der Waals surface area contributed by atoms with Crippen molar-refractivity contribution in [2.75, 3.05) is 24.3 Å². The maximum absolute atomic E-state index is 13.0. The molecule has 0 saturated carbocycles. The molecule has 2 aromatic rings. The Morgan fingerprint density at radius 2 is 1.67 bits per heavy atom. The number of benzene rings is 2. The Bertz CT molecular complexity index is 885. The van der Waals surface area contributed by atoms with Crippen LogP contribution in [-0.4, -0.2) is 25.1 Å². The normalized spacial score (nSPS) is 16.4. The van der Waals surface area contributed by atoms with Gasteiger partial charge in [-0.15, -0.1) is 0 Å². The SMILES string of the molecule is CC1=C(C(=O)Nc2ccc(C)cc2)C(c2ccc(N(C)C)cc2)NC(=S)N1. The fourth-order valence-corrected chi connectivity index (χ4v) is 3.32. The standard InChI is InChI=1S/C21H24N4OS/c1-13-5-9-16(10-6-13)23-20(26)18-14(2)22-21(27)24-19(18)15-7-11-17(12-8-15)25(3)4/h5-12,19H,1-4H3,(H,23,26)(H2,22,24,27). The fourth-order valence-electron chi connectivity index (χ4n) is 3.05. The van der Waals surface area contributed by atoms with Crippen LogP contribution >= 0.6 is 12.2 Å². The molecule has 6 heteroatoms. The van der Waals surface area contributed by atoms with Crippen LogP contribution in [0.3, 0.4) is 0 Å². The molecule has 0 aliphatic carbocycles. The fraction of sp³-hybridized carbons (Fsp3) is 0.238. The molecule has 1 heterocycles. The predicted molar refractivity (Wildman–Crippen MR) is 115 cm³/mol.